The van der Waals surface area contributed by atoms with Crippen molar-refractivity contribution >= 4 is 10.0 Å². The third-order valence-electron chi connectivity index (χ3n) is 4.60. The van der Waals surface area contributed by atoms with Crippen LogP contribution in [-0.4, -0.2) is 56.4 Å². The first-order valence-corrected chi connectivity index (χ1v) is 10.0. The summed E-state index contributed by atoms with van der Waals surface area (Å²) in [7, 11) is -3.02. The number of piperidine rings is 1. The molecule has 0 saturated carbocycles. The Labute approximate surface area is 129 Å². The third-order valence-corrected chi connectivity index (χ3v) is 6.68. The lowest BCUT2D eigenvalue weighted by Crippen LogP contribution is -2.50. The molecule has 0 aromatic rings. The molecule has 0 aromatic heterocycles. The fraction of sp³-hybridized carbons (Fsp3) is 1.00. The maximum Gasteiger partial charge on any atom is 0.214 e. The molecule has 0 amide bonds. The molecule has 2 heterocycles. The Morgan fingerprint density at radius 1 is 1.14 bits per heavy atom. The molecule has 2 aliphatic rings. The zero-order valence-corrected chi connectivity index (χ0v) is 14.2. The zero-order valence-electron chi connectivity index (χ0n) is 13.4. The first kappa shape index (κ1) is 17.2. The Bertz CT molecular complexity index is 405. The molecule has 2 fully saturated rings. The Balaban J connectivity index is 1.76. The average molecular weight is 318 g/mol. The summed E-state index contributed by atoms with van der Waals surface area (Å²) in [5, 5.41) is 3.72. The maximum atomic E-state index is 12.1. The molecule has 21 heavy (non-hydrogen) atoms. The van der Waals surface area contributed by atoms with Crippen LogP contribution in [0.5, 0.6) is 0 Å². The van der Waals surface area contributed by atoms with Gasteiger partial charge < -0.3 is 10.1 Å². The van der Waals surface area contributed by atoms with E-state index in [1.54, 1.807) is 4.31 Å². The van der Waals surface area contributed by atoms with Gasteiger partial charge in [-0.25, -0.2) is 12.7 Å². The van der Waals surface area contributed by atoms with Gasteiger partial charge in [0.05, 0.1) is 11.9 Å². The van der Waals surface area contributed by atoms with E-state index >= 15 is 0 Å². The number of sulfonamides is 1. The van der Waals surface area contributed by atoms with Crippen molar-refractivity contribution < 1.29 is 13.2 Å². The number of nitrogens with zero attached hydrogens (tertiary/aromatic N) is 1. The summed E-state index contributed by atoms with van der Waals surface area (Å²) in [5.41, 5.74) is 0. The molecule has 5 nitrogen and oxygen atoms in total. The van der Waals surface area contributed by atoms with Gasteiger partial charge in [-0.15, -0.1) is 0 Å². The number of hydrogen-bond donors (Lipinski definition) is 1. The highest BCUT2D eigenvalue weighted by Crippen LogP contribution is 2.20. The van der Waals surface area contributed by atoms with Gasteiger partial charge in [0.15, 0.2) is 0 Å². The molecule has 1 N–H and O–H groups in total. The van der Waals surface area contributed by atoms with Gasteiger partial charge in [-0.2, -0.15) is 0 Å². The Kier molecular flexibility index (Phi) is 6.47. The van der Waals surface area contributed by atoms with Gasteiger partial charge >= 0.3 is 0 Å². The van der Waals surface area contributed by atoms with Gasteiger partial charge in [-0.05, 0) is 38.5 Å². The van der Waals surface area contributed by atoms with Gasteiger partial charge in [0, 0.05) is 31.8 Å². The van der Waals surface area contributed by atoms with Crippen molar-refractivity contribution in [3.8, 4) is 0 Å². The lowest BCUT2D eigenvalue weighted by molar-refractivity contribution is -0.00292. The van der Waals surface area contributed by atoms with E-state index in [0.29, 0.717) is 37.7 Å². The molecule has 124 valence electrons. The monoisotopic (exact) mass is 318 g/mol. The van der Waals surface area contributed by atoms with E-state index < -0.39 is 10.0 Å². The second-order valence-corrected chi connectivity index (χ2v) is 8.37. The Morgan fingerprint density at radius 2 is 1.86 bits per heavy atom. The van der Waals surface area contributed by atoms with Crippen LogP contribution in [0.15, 0.2) is 0 Å². The van der Waals surface area contributed by atoms with Gasteiger partial charge in [0.2, 0.25) is 10.0 Å². The molecule has 2 saturated heterocycles. The van der Waals surface area contributed by atoms with E-state index in [1.807, 2.05) is 6.92 Å². The van der Waals surface area contributed by atoms with Crippen LogP contribution >= 0.6 is 0 Å². The predicted octanol–water partition coefficient (Wildman–Crippen LogP) is 1.74. The maximum absolute atomic E-state index is 12.1. The Morgan fingerprint density at radius 3 is 2.48 bits per heavy atom. The first-order chi connectivity index (χ1) is 10.0. The normalized spacial score (nSPS) is 29.6. The second-order valence-electron chi connectivity index (χ2n) is 6.28. The summed E-state index contributed by atoms with van der Waals surface area (Å²) in [6, 6.07) is 0.992. The largest absolute Gasteiger partial charge is 0.378 e. The molecule has 6 heteroatoms. The van der Waals surface area contributed by atoms with Crippen LogP contribution in [0.25, 0.3) is 0 Å². The van der Waals surface area contributed by atoms with E-state index in [1.165, 1.54) is 0 Å². The summed E-state index contributed by atoms with van der Waals surface area (Å²) in [4.78, 5) is 0. The molecule has 0 aliphatic carbocycles. The van der Waals surface area contributed by atoms with Crippen molar-refractivity contribution in [2.75, 3.05) is 25.4 Å². The highest BCUT2D eigenvalue weighted by Gasteiger charge is 2.29. The van der Waals surface area contributed by atoms with E-state index in [2.05, 4.69) is 12.2 Å². The van der Waals surface area contributed by atoms with Crippen molar-refractivity contribution in [2.45, 2.75) is 70.6 Å². The second kappa shape index (κ2) is 7.90. The minimum absolute atomic E-state index is 0.281. The number of ether oxygens (including phenoxy) is 1. The first-order valence-electron chi connectivity index (χ1n) is 8.40. The van der Waals surface area contributed by atoms with Crippen LogP contribution in [0, 0.1) is 0 Å². The van der Waals surface area contributed by atoms with Gasteiger partial charge in [0.25, 0.3) is 0 Å². The molecule has 0 spiro atoms. The van der Waals surface area contributed by atoms with Gasteiger partial charge in [-0.1, -0.05) is 13.8 Å². The summed E-state index contributed by atoms with van der Waals surface area (Å²) in [6.45, 7) is 6.27. The highest BCUT2D eigenvalue weighted by molar-refractivity contribution is 7.89. The smallest absolute Gasteiger partial charge is 0.214 e. The molecule has 2 atom stereocenters. The molecule has 2 aliphatic heterocycles. The van der Waals surface area contributed by atoms with E-state index in [9.17, 15) is 8.42 Å². The SMILES string of the molecule is CCCS(=O)(=O)N1CCC(NC2CCOC(CC)C2)CC1. The third kappa shape index (κ3) is 4.91. The summed E-state index contributed by atoms with van der Waals surface area (Å²) < 4.78 is 31.5. The van der Waals surface area contributed by atoms with Crippen LogP contribution in [0.2, 0.25) is 0 Å². The van der Waals surface area contributed by atoms with Gasteiger partial charge in [0.1, 0.15) is 0 Å². The van der Waals surface area contributed by atoms with Crippen molar-refractivity contribution in [1.29, 1.82) is 0 Å². The number of nitrogens with one attached hydrogen (secondary N) is 1. The molecule has 0 bridgehead atoms. The fourth-order valence-electron chi connectivity index (χ4n) is 3.34. The molecular formula is C15H30N2O3S. The minimum atomic E-state index is -3.02. The minimum Gasteiger partial charge on any atom is -0.378 e. The van der Waals surface area contributed by atoms with Crippen molar-refractivity contribution in [3.63, 3.8) is 0 Å². The zero-order chi connectivity index (χ0) is 15.3. The lowest BCUT2D eigenvalue weighted by atomic mass is 9.98. The van der Waals surface area contributed by atoms with Crippen LogP contribution in [-0.2, 0) is 14.8 Å². The van der Waals surface area contributed by atoms with E-state index in [-0.39, 0.29) is 5.75 Å². The summed E-state index contributed by atoms with van der Waals surface area (Å²) in [5.74, 6) is 0.281. The molecule has 2 unspecified atom stereocenters. The fourth-order valence-corrected chi connectivity index (χ4v) is 4.88. The van der Waals surface area contributed by atoms with Crippen molar-refractivity contribution in [3.05, 3.63) is 0 Å². The number of rotatable bonds is 6. The molecular weight excluding hydrogens is 288 g/mol. The topological polar surface area (TPSA) is 58.6 Å². The molecule has 2 rings (SSSR count). The molecule has 0 radical (unpaired) electrons. The predicted molar refractivity (Wildman–Crippen MR) is 84.9 cm³/mol. The quantitative estimate of drug-likeness (QED) is 0.810. The van der Waals surface area contributed by atoms with Crippen LogP contribution in [0.3, 0.4) is 0 Å². The summed E-state index contributed by atoms with van der Waals surface area (Å²) >= 11 is 0. The van der Waals surface area contributed by atoms with Crippen LogP contribution in [0.1, 0.15) is 52.4 Å². The van der Waals surface area contributed by atoms with Crippen molar-refractivity contribution in [2.24, 2.45) is 0 Å². The highest BCUT2D eigenvalue weighted by atomic mass is 32.2. The Hall–Kier alpha value is -0.170. The number of hydrogen-bond acceptors (Lipinski definition) is 4. The summed E-state index contributed by atoms with van der Waals surface area (Å²) in [6.07, 6.45) is 6.18. The lowest BCUT2D eigenvalue weighted by Gasteiger charge is -2.36. The van der Waals surface area contributed by atoms with Crippen LogP contribution < -0.4 is 5.32 Å². The van der Waals surface area contributed by atoms with E-state index in [0.717, 1.165) is 38.7 Å². The standard InChI is InChI=1S/C15H30N2O3S/c1-3-11-21(18,19)17-8-5-13(6-9-17)16-14-7-10-20-15(4-2)12-14/h13-16H,3-12H2,1-2H3. The molecule has 0 aromatic carbocycles. The average Bonchev–Trinajstić information content (AvgIpc) is 2.48. The van der Waals surface area contributed by atoms with Crippen molar-refractivity contribution in [1.82, 2.24) is 9.62 Å². The van der Waals surface area contributed by atoms with E-state index in [4.69, 9.17) is 4.74 Å². The van der Waals surface area contributed by atoms with Crippen LogP contribution in [0.4, 0.5) is 0 Å². The van der Waals surface area contributed by atoms with Gasteiger partial charge in [-0.3, -0.25) is 0 Å².